The lowest BCUT2D eigenvalue weighted by atomic mass is 10.0. The second-order valence-corrected chi connectivity index (χ2v) is 8.04. The molecule has 0 bridgehead atoms. The molecule has 1 aliphatic rings. The molecule has 1 heterocycles. The van der Waals surface area contributed by atoms with Crippen molar-refractivity contribution in [1.29, 1.82) is 0 Å². The second kappa shape index (κ2) is 18.7. The van der Waals surface area contributed by atoms with E-state index in [1.165, 1.54) is 116 Å². The van der Waals surface area contributed by atoms with Crippen molar-refractivity contribution in [2.75, 3.05) is 19.8 Å². The first kappa shape index (κ1) is 23.0. The molecule has 1 unspecified atom stereocenters. The van der Waals surface area contributed by atoms with Crippen molar-refractivity contribution >= 4 is 0 Å². The van der Waals surface area contributed by atoms with Gasteiger partial charge in [-0.15, -0.1) is 0 Å². The van der Waals surface area contributed by atoms with Gasteiger partial charge in [0.2, 0.25) is 0 Å². The molecule has 0 aliphatic carbocycles. The number of rotatable bonds is 21. The molecule has 25 heavy (non-hydrogen) atoms. The highest BCUT2D eigenvalue weighted by molar-refractivity contribution is 4.67. The Bertz CT molecular complexity index is 250. The third-order valence-electron chi connectivity index (χ3n) is 5.35. The maximum Gasteiger partial charge on any atom is 0.104 e. The maximum absolute atomic E-state index is 5.56. The molecule has 1 saturated heterocycles. The summed E-state index contributed by atoms with van der Waals surface area (Å²) in [7, 11) is 0. The van der Waals surface area contributed by atoms with Crippen molar-refractivity contribution in [2.24, 2.45) is 0 Å². The van der Waals surface area contributed by atoms with Crippen molar-refractivity contribution in [3.8, 4) is 0 Å². The van der Waals surface area contributed by atoms with E-state index in [1.807, 2.05) is 0 Å². The van der Waals surface area contributed by atoms with E-state index < -0.39 is 0 Å². The molecule has 2 heteroatoms. The first-order valence-corrected chi connectivity index (χ1v) is 11.6. The van der Waals surface area contributed by atoms with Crippen molar-refractivity contribution in [3.63, 3.8) is 0 Å². The van der Waals surface area contributed by atoms with Gasteiger partial charge in [-0.1, -0.05) is 116 Å². The lowest BCUT2D eigenvalue weighted by Crippen LogP contribution is -2.02. The normalized spacial score (nSPS) is 16.4. The summed E-state index contributed by atoms with van der Waals surface area (Å²) in [5.74, 6) is 0. The topological polar surface area (TPSA) is 21.8 Å². The first-order chi connectivity index (χ1) is 12.4. The highest BCUT2D eigenvalue weighted by atomic mass is 16.6. The first-order valence-electron chi connectivity index (χ1n) is 11.6. The Labute approximate surface area is 158 Å². The minimum Gasteiger partial charge on any atom is -0.379 e. The molecule has 1 rings (SSSR count). The highest BCUT2D eigenvalue weighted by Crippen LogP contribution is 2.14. The Kier molecular flexibility index (Phi) is 17.2. The summed E-state index contributed by atoms with van der Waals surface area (Å²) in [6.45, 7) is 4.96. The van der Waals surface area contributed by atoms with Gasteiger partial charge >= 0.3 is 0 Å². The molecule has 1 aliphatic heterocycles. The van der Waals surface area contributed by atoms with Gasteiger partial charge in [-0.05, 0) is 6.42 Å². The van der Waals surface area contributed by atoms with E-state index in [-0.39, 0.29) is 0 Å². The zero-order valence-corrected chi connectivity index (χ0v) is 17.2. The van der Waals surface area contributed by atoms with Crippen LogP contribution in [0.3, 0.4) is 0 Å². The molecule has 0 amide bonds. The number of ether oxygens (including phenoxy) is 2. The SMILES string of the molecule is CCCCCCCCCCCCCCCCCCCCOCC1CO1. The van der Waals surface area contributed by atoms with E-state index >= 15 is 0 Å². The third kappa shape index (κ3) is 18.5. The summed E-state index contributed by atoms with van der Waals surface area (Å²) in [6.07, 6.45) is 26.2. The lowest BCUT2D eigenvalue weighted by Gasteiger charge is -2.04. The molecule has 150 valence electrons. The van der Waals surface area contributed by atoms with Crippen LogP contribution in [-0.4, -0.2) is 25.9 Å². The van der Waals surface area contributed by atoms with E-state index in [2.05, 4.69) is 6.92 Å². The second-order valence-electron chi connectivity index (χ2n) is 8.04. The summed E-state index contributed by atoms with van der Waals surface area (Å²) in [5.41, 5.74) is 0. The molecular weight excluding hydrogens is 308 g/mol. The van der Waals surface area contributed by atoms with Crippen LogP contribution in [0.4, 0.5) is 0 Å². The maximum atomic E-state index is 5.56. The summed E-state index contributed by atoms with van der Waals surface area (Å²) >= 11 is 0. The van der Waals surface area contributed by atoms with Gasteiger partial charge in [-0.25, -0.2) is 0 Å². The quantitative estimate of drug-likeness (QED) is 0.158. The fraction of sp³-hybridized carbons (Fsp3) is 1.00. The van der Waals surface area contributed by atoms with Gasteiger partial charge < -0.3 is 9.47 Å². The van der Waals surface area contributed by atoms with Gasteiger partial charge in [0, 0.05) is 6.61 Å². The smallest absolute Gasteiger partial charge is 0.104 e. The Morgan fingerprint density at radius 3 is 1.32 bits per heavy atom. The summed E-state index contributed by atoms with van der Waals surface area (Å²) in [4.78, 5) is 0. The number of hydrogen-bond donors (Lipinski definition) is 0. The Balaban J connectivity index is 1.59. The molecule has 0 N–H and O–H groups in total. The van der Waals surface area contributed by atoms with Gasteiger partial charge in [0.25, 0.3) is 0 Å². The Morgan fingerprint density at radius 2 is 0.960 bits per heavy atom. The third-order valence-corrected chi connectivity index (χ3v) is 5.35. The van der Waals surface area contributed by atoms with Crippen LogP contribution in [0.1, 0.15) is 122 Å². The van der Waals surface area contributed by atoms with E-state index in [1.54, 1.807) is 0 Å². The molecule has 0 aromatic carbocycles. The van der Waals surface area contributed by atoms with E-state index in [0.717, 1.165) is 19.8 Å². The number of epoxide rings is 1. The van der Waals surface area contributed by atoms with Crippen LogP contribution in [-0.2, 0) is 9.47 Å². The van der Waals surface area contributed by atoms with Gasteiger partial charge in [-0.2, -0.15) is 0 Å². The van der Waals surface area contributed by atoms with Gasteiger partial charge in [0.1, 0.15) is 6.10 Å². The van der Waals surface area contributed by atoms with Gasteiger partial charge in [0.15, 0.2) is 0 Å². The number of hydrogen-bond acceptors (Lipinski definition) is 2. The van der Waals surface area contributed by atoms with Crippen molar-refractivity contribution in [3.05, 3.63) is 0 Å². The van der Waals surface area contributed by atoms with Gasteiger partial charge in [0.05, 0.1) is 13.2 Å². The summed E-state index contributed by atoms with van der Waals surface area (Å²) in [5, 5.41) is 0. The Hall–Kier alpha value is -0.0800. The van der Waals surface area contributed by atoms with Crippen LogP contribution in [0, 0.1) is 0 Å². The molecule has 0 aromatic rings. The summed E-state index contributed by atoms with van der Waals surface area (Å²) in [6, 6.07) is 0. The van der Waals surface area contributed by atoms with Crippen LogP contribution in [0.25, 0.3) is 0 Å². The largest absolute Gasteiger partial charge is 0.379 e. The average Bonchev–Trinajstić information content (AvgIpc) is 3.44. The molecule has 0 spiro atoms. The van der Waals surface area contributed by atoms with Crippen LogP contribution >= 0.6 is 0 Å². The average molecular weight is 355 g/mol. The van der Waals surface area contributed by atoms with Crippen molar-refractivity contribution in [2.45, 2.75) is 129 Å². The van der Waals surface area contributed by atoms with E-state index in [4.69, 9.17) is 9.47 Å². The molecular formula is C23H46O2. The van der Waals surface area contributed by atoms with Crippen LogP contribution in [0.15, 0.2) is 0 Å². The molecule has 0 saturated carbocycles. The van der Waals surface area contributed by atoms with Crippen molar-refractivity contribution in [1.82, 2.24) is 0 Å². The molecule has 0 radical (unpaired) electrons. The monoisotopic (exact) mass is 354 g/mol. The molecule has 0 aromatic heterocycles. The molecule has 2 nitrogen and oxygen atoms in total. The zero-order valence-electron chi connectivity index (χ0n) is 17.2. The predicted octanol–water partition coefficient (Wildman–Crippen LogP) is 7.44. The zero-order chi connectivity index (χ0) is 17.8. The minimum absolute atomic E-state index is 0.426. The van der Waals surface area contributed by atoms with Crippen molar-refractivity contribution < 1.29 is 9.47 Å². The highest BCUT2D eigenvalue weighted by Gasteiger charge is 2.21. The molecule has 1 fully saturated rings. The van der Waals surface area contributed by atoms with E-state index in [0.29, 0.717) is 6.10 Å². The summed E-state index contributed by atoms with van der Waals surface area (Å²) < 4.78 is 10.7. The fourth-order valence-corrected chi connectivity index (χ4v) is 3.48. The lowest BCUT2D eigenvalue weighted by molar-refractivity contribution is 0.113. The Morgan fingerprint density at radius 1 is 0.600 bits per heavy atom. The predicted molar refractivity (Wildman–Crippen MR) is 109 cm³/mol. The van der Waals surface area contributed by atoms with Crippen LogP contribution in [0.2, 0.25) is 0 Å². The standard InChI is InChI=1S/C23H46O2/c1-2-3-4-5-6-7-8-9-10-11-12-13-14-15-16-17-18-19-20-24-21-23-22-25-23/h23H,2-22H2,1H3. The molecule has 1 atom stereocenters. The van der Waals surface area contributed by atoms with Crippen LogP contribution in [0.5, 0.6) is 0 Å². The van der Waals surface area contributed by atoms with E-state index in [9.17, 15) is 0 Å². The fourth-order valence-electron chi connectivity index (χ4n) is 3.48. The van der Waals surface area contributed by atoms with Crippen LogP contribution < -0.4 is 0 Å². The number of unbranched alkanes of at least 4 members (excludes halogenated alkanes) is 17. The minimum atomic E-state index is 0.426. The van der Waals surface area contributed by atoms with Gasteiger partial charge in [-0.3, -0.25) is 0 Å².